The van der Waals surface area contributed by atoms with E-state index in [4.69, 9.17) is 15.2 Å². The van der Waals surface area contributed by atoms with E-state index in [1.165, 1.54) is 15.6 Å². The van der Waals surface area contributed by atoms with Crippen molar-refractivity contribution in [3.63, 3.8) is 0 Å². The fourth-order valence-electron chi connectivity index (χ4n) is 3.02. The van der Waals surface area contributed by atoms with E-state index in [0.29, 0.717) is 31.0 Å². The molecule has 0 amide bonds. The first kappa shape index (κ1) is 20.6. The van der Waals surface area contributed by atoms with Gasteiger partial charge in [-0.3, -0.25) is 0 Å². The minimum absolute atomic E-state index is 0. The van der Waals surface area contributed by atoms with Crippen molar-refractivity contribution in [2.75, 3.05) is 19.8 Å². The van der Waals surface area contributed by atoms with Crippen molar-refractivity contribution in [1.29, 1.82) is 0 Å². The molecule has 0 saturated carbocycles. The Kier molecular flexibility index (Phi) is 6.36. The van der Waals surface area contributed by atoms with Gasteiger partial charge in [-0.15, -0.1) is 12.4 Å². The summed E-state index contributed by atoms with van der Waals surface area (Å²) in [4.78, 5) is 12.6. The van der Waals surface area contributed by atoms with Crippen molar-refractivity contribution in [2.24, 2.45) is 5.73 Å². The molecule has 2 N–H and O–H groups in total. The molecule has 0 aliphatic carbocycles. The van der Waals surface area contributed by atoms with E-state index in [1.807, 2.05) is 42.5 Å². The highest BCUT2D eigenvalue weighted by Gasteiger charge is 2.13. The van der Waals surface area contributed by atoms with Crippen LogP contribution in [0.2, 0.25) is 0 Å². The van der Waals surface area contributed by atoms with Crippen molar-refractivity contribution < 1.29 is 13.9 Å². The summed E-state index contributed by atoms with van der Waals surface area (Å²) in [5.74, 6) is 1.42. The van der Waals surface area contributed by atoms with E-state index >= 15 is 0 Å². The summed E-state index contributed by atoms with van der Waals surface area (Å²) in [7, 11) is 0. The molecule has 0 unspecified atom stereocenters. The highest BCUT2D eigenvalue weighted by molar-refractivity contribution is 5.85. The van der Waals surface area contributed by atoms with Crippen LogP contribution in [0, 0.1) is 0 Å². The van der Waals surface area contributed by atoms with Gasteiger partial charge in [0.1, 0.15) is 19.5 Å². The van der Waals surface area contributed by atoms with Crippen molar-refractivity contribution >= 4 is 12.4 Å². The van der Waals surface area contributed by atoms with Crippen LogP contribution in [-0.4, -0.2) is 34.1 Å². The zero-order valence-electron chi connectivity index (χ0n) is 15.5. The Balaban J connectivity index is 0.00000240. The third-order valence-corrected chi connectivity index (χ3v) is 4.50. The molecule has 1 aliphatic rings. The van der Waals surface area contributed by atoms with Gasteiger partial charge in [0.05, 0.1) is 18.6 Å². The number of ether oxygens (including phenoxy) is 2. The van der Waals surface area contributed by atoms with Gasteiger partial charge in [-0.05, 0) is 41.0 Å². The number of hydrogen-bond donors (Lipinski definition) is 1. The quantitative estimate of drug-likeness (QED) is 0.688. The Bertz CT molecular complexity index is 1090. The molecule has 0 radical (unpaired) electrons. The van der Waals surface area contributed by atoms with Gasteiger partial charge >= 0.3 is 5.69 Å². The van der Waals surface area contributed by atoms with Crippen LogP contribution >= 0.6 is 12.4 Å². The Hall–Kier alpha value is -3.10. The summed E-state index contributed by atoms with van der Waals surface area (Å²) in [6.07, 6.45) is 1.82. The number of halogens is 2. The molecule has 1 aliphatic heterocycles. The van der Waals surface area contributed by atoms with Crippen LogP contribution < -0.4 is 20.9 Å². The Labute approximate surface area is 172 Å². The Morgan fingerprint density at radius 2 is 1.90 bits per heavy atom. The average Bonchev–Trinajstić information content (AvgIpc) is 3.11. The summed E-state index contributed by atoms with van der Waals surface area (Å²) >= 11 is 0. The molecule has 0 atom stereocenters. The zero-order chi connectivity index (χ0) is 19.5. The van der Waals surface area contributed by atoms with E-state index in [-0.39, 0.29) is 36.8 Å². The van der Waals surface area contributed by atoms with Gasteiger partial charge in [-0.2, -0.15) is 5.10 Å². The lowest BCUT2D eigenvalue weighted by Gasteiger charge is -2.19. The molecule has 29 heavy (non-hydrogen) atoms. The topological polar surface area (TPSA) is 84.3 Å². The lowest BCUT2D eigenvalue weighted by atomic mass is 10.0. The second-order valence-electron chi connectivity index (χ2n) is 6.32. The zero-order valence-corrected chi connectivity index (χ0v) is 16.3. The second kappa shape index (κ2) is 8.93. The van der Waals surface area contributed by atoms with Crippen LogP contribution in [0.4, 0.5) is 4.39 Å². The minimum atomic E-state index is -0.368. The fourth-order valence-corrected chi connectivity index (χ4v) is 3.02. The van der Waals surface area contributed by atoms with Crippen LogP contribution in [0.25, 0.3) is 16.8 Å². The molecule has 2 heterocycles. The monoisotopic (exact) mass is 418 g/mol. The summed E-state index contributed by atoms with van der Waals surface area (Å²) < 4.78 is 26.5. The number of nitrogens with two attached hydrogens (primary N) is 1. The number of aromatic nitrogens is 3. The first-order valence-corrected chi connectivity index (χ1v) is 8.82. The maximum absolute atomic E-state index is 12.8. The molecule has 0 fully saturated rings. The molecule has 3 aromatic rings. The number of rotatable bonds is 5. The van der Waals surface area contributed by atoms with Crippen LogP contribution in [0.15, 0.2) is 65.5 Å². The molecule has 0 bridgehead atoms. The maximum atomic E-state index is 12.8. The minimum Gasteiger partial charge on any atom is -0.486 e. The molecule has 4 rings (SSSR count). The predicted molar refractivity (Wildman–Crippen MR) is 110 cm³/mol. The highest BCUT2D eigenvalue weighted by atomic mass is 35.5. The van der Waals surface area contributed by atoms with Crippen LogP contribution in [0.3, 0.4) is 0 Å². The van der Waals surface area contributed by atoms with Gasteiger partial charge in [0, 0.05) is 6.54 Å². The fraction of sp³-hybridized carbons (Fsp3) is 0.200. The van der Waals surface area contributed by atoms with E-state index in [9.17, 15) is 9.18 Å². The average molecular weight is 419 g/mol. The third-order valence-electron chi connectivity index (χ3n) is 4.50. The number of benzene rings is 2. The molecule has 0 spiro atoms. The number of hydrogen-bond acceptors (Lipinski definition) is 5. The summed E-state index contributed by atoms with van der Waals surface area (Å²) in [5, 5.41) is 4.06. The van der Waals surface area contributed by atoms with E-state index in [2.05, 4.69) is 5.10 Å². The Morgan fingerprint density at radius 3 is 2.66 bits per heavy atom. The van der Waals surface area contributed by atoms with Crippen molar-refractivity contribution in [1.82, 2.24) is 14.3 Å². The van der Waals surface area contributed by atoms with Gasteiger partial charge in [-0.25, -0.2) is 18.4 Å². The van der Waals surface area contributed by atoms with Crippen LogP contribution in [-0.2, 0) is 6.54 Å². The molecule has 7 nitrogen and oxygen atoms in total. The molecule has 9 heteroatoms. The molecule has 2 aromatic carbocycles. The third kappa shape index (κ3) is 4.18. The first-order chi connectivity index (χ1) is 13.7. The summed E-state index contributed by atoms with van der Waals surface area (Å²) in [6.45, 7) is 1.09. The molecular weight excluding hydrogens is 399 g/mol. The molecule has 152 valence electrons. The summed E-state index contributed by atoms with van der Waals surface area (Å²) in [5.41, 5.74) is 7.89. The van der Waals surface area contributed by atoms with Gasteiger partial charge in [0.2, 0.25) is 0 Å². The van der Waals surface area contributed by atoms with Gasteiger partial charge in [0.25, 0.3) is 0 Å². The van der Waals surface area contributed by atoms with Gasteiger partial charge in [-0.1, -0.05) is 18.2 Å². The van der Waals surface area contributed by atoms with E-state index in [0.717, 1.165) is 16.9 Å². The summed E-state index contributed by atoms with van der Waals surface area (Å²) in [6, 6.07) is 13.2. The van der Waals surface area contributed by atoms with Crippen LogP contribution in [0.5, 0.6) is 11.5 Å². The predicted octanol–water partition coefficient (Wildman–Crippen LogP) is 2.71. The van der Waals surface area contributed by atoms with Gasteiger partial charge < -0.3 is 15.2 Å². The van der Waals surface area contributed by atoms with Crippen LogP contribution in [0.1, 0.15) is 0 Å². The molecule has 1 aromatic heterocycles. The lowest BCUT2D eigenvalue weighted by molar-refractivity contribution is 0.171. The smallest absolute Gasteiger partial charge is 0.350 e. The standard InChI is InChI=1S/C20H19FN4O3.ClH/c21-10-14(11-22)12-25-20(26)24(13-23-25)17-3-1-2-15(8-17)16-4-5-18-19(9-16)28-7-6-27-18;/h1-5,8-10,13H,6-7,11-12,22H2;1H/b14-10+;. The normalized spacial score (nSPS) is 13.1. The largest absolute Gasteiger partial charge is 0.486 e. The highest BCUT2D eigenvalue weighted by Crippen LogP contribution is 2.34. The Morgan fingerprint density at radius 1 is 1.14 bits per heavy atom. The first-order valence-electron chi connectivity index (χ1n) is 8.82. The van der Waals surface area contributed by atoms with E-state index < -0.39 is 0 Å². The van der Waals surface area contributed by atoms with Crippen molar-refractivity contribution in [2.45, 2.75) is 6.54 Å². The second-order valence-corrected chi connectivity index (χ2v) is 6.32. The van der Waals surface area contributed by atoms with Gasteiger partial charge in [0.15, 0.2) is 11.5 Å². The molecule has 0 saturated heterocycles. The SMILES string of the molecule is Cl.NC/C(=C\F)Cn1ncn(-c2cccc(-c3ccc4c(c3)OCCO4)c2)c1=O. The molecular formula is C20H20ClFN4O3. The van der Waals surface area contributed by atoms with E-state index in [1.54, 1.807) is 0 Å². The maximum Gasteiger partial charge on any atom is 0.350 e. The number of fused-ring (bicyclic) bond motifs is 1. The lowest BCUT2D eigenvalue weighted by Crippen LogP contribution is -2.25. The van der Waals surface area contributed by atoms with Crippen molar-refractivity contribution in [3.05, 3.63) is 71.2 Å². The number of nitrogens with zero attached hydrogens (tertiary/aromatic N) is 3. The van der Waals surface area contributed by atoms with Crippen molar-refractivity contribution in [3.8, 4) is 28.3 Å².